The molecule has 1 fully saturated rings. The highest BCUT2D eigenvalue weighted by Gasteiger charge is 2.35. The minimum absolute atomic E-state index is 0.0551. The van der Waals surface area contributed by atoms with Crippen molar-refractivity contribution in [3.63, 3.8) is 0 Å². The summed E-state index contributed by atoms with van der Waals surface area (Å²) in [5, 5.41) is 3.93. The molecule has 1 aliphatic rings. The summed E-state index contributed by atoms with van der Waals surface area (Å²) in [7, 11) is -3.77. The molecule has 0 N–H and O–H groups in total. The quantitative estimate of drug-likeness (QED) is 0.774. The second-order valence-corrected chi connectivity index (χ2v) is 8.79. The second kappa shape index (κ2) is 6.82. The first-order chi connectivity index (χ1) is 12.1. The van der Waals surface area contributed by atoms with Gasteiger partial charge in [0.1, 0.15) is 15.5 Å². The van der Waals surface area contributed by atoms with Crippen LogP contribution >= 0.6 is 11.3 Å². The highest BCUT2D eigenvalue weighted by molar-refractivity contribution is 7.89. The van der Waals surface area contributed by atoms with Crippen LogP contribution < -0.4 is 4.90 Å². The zero-order valence-electron chi connectivity index (χ0n) is 14.1. The van der Waals surface area contributed by atoms with Crippen LogP contribution in [0.3, 0.4) is 0 Å². The van der Waals surface area contributed by atoms with Crippen molar-refractivity contribution in [2.24, 2.45) is 0 Å². The van der Waals surface area contributed by atoms with Crippen LogP contribution in [-0.2, 0) is 16.2 Å². The molecule has 1 saturated heterocycles. The minimum atomic E-state index is -4.43. The predicted molar refractivity (Wildman–Crippen MR) is 88.7 cm³/mol. The van der Waals surface area contributed by atoms with Gasteiger partial charge in [0.2, 0.25) is 10.0 Å². The number of nitrogens with zero attached hydrogens (tertiary/aromatic N) is 4. The van der Waals surface area contributed by atoms with Gasteiger partial charge >= 0.3 is 6.18 Å². The average Bonchev–Trinajstić information content (AvgIpc) is 3.07. The van der Waals surface area contributed by atoms with Gasteiger partial charge in [-0.2, -0.15) is 17.5 Å². The van der Waals surface area contributed by atoms with Crippen LogP contribution in [0.15, 0.2) is 15.6 Å². The first kappa shape index (κ1) is 19.1. The Balaban J connectivity index is 1.77. The average molecular weight is 410 g/mol. The largest absolute Gasteiger partial charge is 0.427 e. The molecule has 12 heteroatoms. The summed E-state index contributed by atoms with van der Waals surface area (Å²) >= 11 is 0.564. The van der Waals surface area contributed by atoms with E-state index in [2.05, 4.69) is 10.1 Å². The molecule has 7 nitrogen and oxygen atoms in total. The summed E-state index contributed by atoms with van der Waals surface area (Å²) in [6.07, 6.45) is -3.15. The maximum Gasteiger partial charge on any atom is 0.427 e. The molecule has 3 heterocycles. The van der Waals surface area contributed by atoms with Gasteiger partial charge < -0.3 is 9.42 Å². The summed E-state index contributed by atoms with van der Waals surface area (Å²) in [6, 6.07) is 0. The number of rotatable bonds is 3. The van der Waals surface area contributed by atoms with Crippen molar-refractivity contribution in [2.75, 3.05) is 31.1 Å². The number of anilines is 1. The van der Waals surface area contributed by atoms with Crippen LogP contribution in [0.2, 0.25) is 0 Å². The van der Waals surface area contributed by atoms with Gasteiger partial charge in [-0.1, -0.05) is 16.5 Å². The highest BCUT2D eigenvalue weighted by atomic mass is 32.2. The third-order valence-electron chi connectivity index (χ3n) is 4.06. The van der Waals surface area contributed by atoms with Crippen molar-refractivity contribution in [2.45, 2.75) is 31.3 Å². The van der Waals surface area contributed by atoms with Crippen LogP contribution in [0.4, 0.5) is 18.3 Å². The Morgan fingerprint density at radius 3 is 2.50 bits per heavy atom. The van der Waals surface area contributed by atoms with Gasteiger partial charge in [0.25, 0.3) is 0 Å². The lowest BCUT2D eigenvalue weighted by Gasteiger charge is -2.21. The SMILES string of the molecule is Cc1noc(C)c1S(=O)(=O)N1CCCN(c2ncc(C(F)(F)F)s2)CC1. The van der Waals surface area contributed by atoms with Crippen LogP contribution in [0.1, 0.15) is 22.8 Å². The Kier molecular flexibility index (Phi) is 5.01. The molecule has 0 aliphatic carbocycles. The van der Waals surface area contributed by atoms with E-state index in [0.717, 1.165) is 6.20 Å². The van der Waals surface area contributed by atoms with E-state index in [1.807, 2.05) is 0 Å². The maximum absolute atomic E-state index is 12.9. The number of aryl methyl sites for hydroxylation is 2. The molecular weight excluding hydrogens is 393 g/mol. The molecule has 0 unspecified atom stereocenters. The van der Waals surface area contributed by atoms with E-state index in [4.69, 9.17) is 4.52 Å². The Bertz CT molecular complexity index is 872. The first-order valence-corrected chi connectivity index (χ1v) is 10.1. The Hall–Kier alpha value is -1.66. The third kappa shape index (κ3) is 3.58. The lowest BCUT2D eigenvalue weighted by atomic mass is 10.4. The topological polar surface area (TPSA) is 79.5 Å². The maximum atomic E-state index is 12.9. The number of aromatic nitrogens is 2. The van der Waals surface area contributed by atoms with Gasteiger partial charge in [-0.25, -0.2) is 13.4 Å². The molecule has 26 heavy (non-hydrogen) atoms. The molecule has 144 valence electrons. The van der Waals surface area contributed by atoms with Crippen molar-refractivity contribution in [3.05, 3.63) is 22.5 Å². The zero-order chi connectivity index (χ0) is 19.1. The number of hydrogen-bond acceptors (Lipinski definition) is 7. The molecule has 0 aromatic carbocycles. The Labute approximate surface area is 152 Å². The van der Waals surface area contributed by atoms with Crippen molar-refractivity contribution in [3.8, 4) is 0 Å². The summed E-state index contributed by atoms with van der Waals surface area (Å²) in [5.41, 5.74) is 0.290. The van der Waals surface area contributed by atoms with Crippen molar-refractivity contribution >= 4 is 26.5 Å². The van der Waals surface area contributed by atoms with Crippen LogP contribution in [0.5, 0.6) is 0 Å². The number of sulfonamides is 1. The lowest BCUT2D eigenvalue weighted by molar-refractivity contribution is -0.134. The number of thiazole rings is 1. The van der Waals surface area contributed by atoms with E-state index >= 15 is 0 Å². The van der Waals surface area contributed by atoms with Crippen molar-refractivity contribution < 1.29 is 26.1 Å². The molecule has 0 saturated carbocycles. The van der Waals surface area contributed by atoms with Gasteiger partial charge in [0.05, 0.1) is 6.20 Å². The summed E-state index contributed by atoms with van der Waals surface area (Å²) in [5.74, 6) is 0.221. The van der Waals surface area contributed by atoms with Gasteiger partial charge in [-0.3, -0.25) is 0 Å². The molecular formula is C14H17F3N4O3S2. The van der Waals surface area contributed by atoms with Crippen molar-refractivity contribution in [1.82, 2.24) is 14.4 Å². The van der Waals surface area contributed by atoms with E-state index in [1.165, 1.54) is 11.2 Å². The standard InChI is InChI=1S/C14H17F3N4O3S2/c1-9-12(10(2)24-19-9)26(22,23)21-5-3-4-20(6-7-21)13-18-8-11(25-13)14(15,16)17/h8H,3-7H2,1-2H3. The number of alkyl halides is 3. The van der Waals surface area contributed by atoms with Crippen LogP contribution in [0.25, 0.3) is 0 Å². The summed E-state index contributed by atoms with van der Waals surface area (Å²) in [4.78, 5) is 4.82. The molecule has 0 atom stereocenters. The predicted octanol–water partition coefficient (Wildman–Crippen LogP) is 2.67. The molecule has 1 aliphatic heterocycles. The van der Waals surface area contributed by atoms with Gasteiger partial charge in [-0.15, -0.1) is 0 Å². The van der Waals surface area contributed by atoms with Crippen molar-refractivity contribution in [1.29, 1.82) is 0 Å². The Morgan fingerprint density at radius 1 is 1.19 bits per heavy atom. The number of halogens is 3. The monoisotopic (exact) mass is 410 g/mol. The molecule has 0 bridgehead atoms. The van der Waals surface area contributed by atoms with E-state index < -0.39 is 21.1 Å². The Morgan fingerprint density at radius 2 is 1.92 bits per heavy atom. The lowest BCUT2D eigenvalue weighted by Crippen LogP contribution is -2.35. The molecule has 3 rings (SSSR count). The van der Waals surface area contributed by atoms with Crippen LogP contribution in [0, 0.1) is 13.8 Å². The fraction of sp³-hybridized carbons (Fsp3) is 0.571. The van der Waals surface area contributed by atoms with Gasteiger partial charge in [0, 0.05) is 26.2 Å². The molecule has 0 spiro atoms. The molecule has 0 radical (unpaired) electrons. The fourth-order valence-electron chi connectivity index (χ4n) is 2.84. The van der Waals surface area contributed by atoms with Gasteiger partial charge in [-0.05, 0) is 20.3 Å². The summed E-state index contributed by atoms with van der Waals surface area (Å²) in [6.45, 7) is 4.19. The molecule has 2 aromatic heterocycles. The first-order valence-electron chi connectivity index (χ1n) is 7.81. The van der Waals surface area contributed by atoms with Crippen LogP contribution in [-0.4, -0.2) is 49.0 Å². The zero-order valence-corrected chi connectivity index (χ0v) is 15.7. The normalized spacial score (nSPS) is 17.5. The van der Waals surface area contributed by atoms with E-state index in [1.54, 1.807) is 11.8 Å². The fourth-order valence-corrected chi connectivity index (χ4v) is 5.44. The summed E-state index contributed by atoms with van der Waals surface area (Å²) < 4.78 is 70.2. The van der Waals surface area contributed by atoms with Gasteiger partial charge in [0.15, 0.2) is 10.9 Å². The number of hydrogen-bond donors (Lipinski definition) is 0. The third-order valence-corrected chi connectivity index (χ3v) is 7.31. The second-order valence-electron chi connectivity index (χ2n) is 5.90. The van der Waals surface area contributed by atoms with E-state index in [-0.39, 0.29) is 35.4 Å². The molecule has 2 aromatic rings. The van der Waals surface area contributed by atoms with E-state index in [0.29, 0.717) is 30.0 Å². The van der Waals surface area contributed by atoms with E-state index in [9.17, 15) is 21.6 Å². The smallest absolute Gasteiger partial charge is 0.360 e. The minimum Gasteiger partial charge on any atom is -0.360 e. The highest BCUT2D eigenvalue weighted by Crippen LogP contribution is 2.36. The molecule has 0 amide bonds.